The predicted molar refractivity (Wildman–Crippen MR) is 139 cm³/mol. The third kappa shape index (κ3) is 7.65. The predicted octanol–water partition coefficient (Wildman–Crippen LogP) is -9.09. The lowest BCUT2D eigenvalue weighted by Crippen LogP contribution is -2.67. The van der Waals surface area contributed by atoms with Crippen molar-refractivity contribution in [2.24, 2.45) is 0 Å². The van der Waals surface area contributed by atoms with Crippen LogP contribution in [0.1, 0.15) is 0 Å². The summed E-state index contributed by atoms with van der Waals surface area (Å²) in [7, 11) is 1.15. The van der Waals surface area contributed by atoms with Gasteiger partial charge in [-0.3, -0.25) is 0 Å². The highest BCUT2D eigenvalue weighted by molar-refractivity contribution is 4.97. The molecule has 0 bridgehead atoms. The van der Waals surface area contributed by atoms with Crippen LogP contribution in [0.4, 0.5) is 0 Å². The molecule has 4 aliphatic heterocycles. The van der Waals surface area contributed by atoms with Crippen molar-refractivity contribution in [3.05, 3.63) is 0 Å². The molecule has 4 aliphatic rings. The average molecular weight is 681 g/mol. The minimum Gasteiger partial charge on any atom is -0.394 e. The van der Waals surface area contributed by atoms with Crippen LogP contribution in [0.15, 0.2) is 0 Å². The number of hydrogen-bond donors (Lipinski definition) is 13. The van der Waals surface area contributed by atoms with Crippen molar-refractivity contribution >= 4 is 0 Å². The first kappa shape index (κ1) is 38.0. The largest absolute Gasteiger partial charge is 0.394 e. The van der Waals surface area contributed by atoms with Gasteiger partial charge in [-0.25, -0.2) is 0 Å². The Labute approximate surface area is 261 Å². The molecule has 20 atom stereocenters. The highest BCUT2D eigenvalue weighted by atomic mass is 16.8. The van der Waals surface area contributed by atoms with E-state index in [2.05, 4.69) is 0 Å². The molecule has 4 rings (SSSR count). The van der Waals surface area contributed by atoms with Crippen LogP contribution in [0.5, 0.6) is 0 Å². The van der Waals surface area contributed by atoms with Crippen LogP contribution in [0.3, 0.4) is 0 Å². The van der Waals surface area contributed by atoms with Crippen molar-refractivity contribution in [2.75, 3.05) is 33.5 Å². The molecule has 0 amide bonds. The van der Waals surface area contributed by atoms with Gasteiger partial charge in [-0.1, -0.05) is 0 Å². The van der Waals surface area contributed by atoms with Crippen LogP contribution in [-0.2, 0) is 37.9 Å². The van der Waals surface area contributed by atoms with Crippen LogP contribution >= 0.6 is 0 Å². The summed E-state index contributed by atoms with van der Waals surface area (Å²) < 4.78 is 43.2. The zero-order chi connectivity index (χ0) is 34.0. The fraction of sp³-hybridized carbons (Fsp3) is 1.00. The molecule has 21 nitrogen and oxygen atoms in total. The van der Waals surface area contributed by atoms with Crippen LogP contribution < -0.4 is 0 Å². The van der Waals surface area contributed by atoms with Gasteiger partial charge >= 0.3 is 0 Å². The first-order chi connectivity index (χ1) is 21.8. The number of rotatable bonds is 11. The number of hydrogen-bond acceptors (Lipinski definition) is 21. The zero-order valence-corrected chi connectivity index (χ0v) is 24.5. The van der Waals surface area contributed by atoms with E-state index < -0.39 is 149 Å². The van der Waals surface area contributed by atoms with E-state index in [4.69, 9.17) is 37.9 Å². The Hall–Kier alpha value is -0.840. The smallest absolute Gasteiger partial charge is 0.187 e. The second-order valence-electron chi connectivity index (χ2n) is 11.4. The third-order valence-corrected chi connectivity index (χ3v) is 8.43. The van der Waals surface area contributed by atoms with E-state index in [-0.39, 0.29) is 0 Å². The van der Waals surface area contributed by atoms with Crippen molar-refractivity contribution in [1.82, 2.24) is 0 Å². The molecule has 4 fully saturated rings. The van der Waals surface area contributed by atoms with Gasteiger partial charge in [-0.2, -0.15) is 0 Å². The number of methoxy groups -OCH3 is 1. The van der Waals surface area contributed by atoms with Gasteiger partial charge in [0.25, 0.3) is 0 Å². The van der Waals surface area contributed by atoms with E-state index in [1.165, 1.54) is 0 Å². The van der Waals surface area contributed by atoms with Crippen molar-refractivity contribution < 1.29 is 104 Å². The van der Waals surface area contributed by atoms with Crippen molar-refractivity contribution in [3.8, 4) is 0 Å². The summed E-state index contributed by atoms with van der Waals surface area (Å²) in [6.07, 6.45) is -34.3. The lowest BCUT2D eigenvalue weighted by Gasteiger charge is -2.48. The van der Waals surface area contributed by atoms with Gasteiger partial charge in [0.2, 0.25) is 0 Å². The molecule has 0 saturated carbocycles. The zero-order valence-electron chi connectivity index (χ0n) is 24.5. The Balaban J connectivity index is 1.57. The average Bonchev–Trinajstić information content (AvgIpc) is 3.04. The van der Waals surface area contributed by atoms with E-state index in [1.54, 1.807) is 0 Å². The summed E-state index contributed by atoms with van der Waals surface area (Å²) in [6, 6.07) is 0. The monoisotopic (exact) mass is 680 g/mol. The maximum absolute atomic E-state index is 11.2. The molecule has 4 heterocycles. The minimum atomic E-state index is -2.03. The molecule has 0 aliphatic carbocycles. The molecule has 0 aromatic heterocycles. The minimum absolute atomic E-state index is 0.732. The Bertz CT molecular complexity index is 932. The fourth-order valence-corrected chi connectivity index (χ4v) is 5.69. The molecule has 21 heteroatoms. The SMILES string of the molecule is CO[C@@H]1C(O)[C@H](O[C@@H]2C(O)[C@H](O[C@@H]3C(O)[C@H](O)OC(CO)[C@H]3O)OC(CO[C@@H]3OC(CO)[C@@H](O)[C@H](O)C3O)[C@H]2O)OC(CO)[C@H]1O. The Morgan fingerprint density at radius 3 is 1.43 bits per heavy atom. The summed E-state index contributed by atoms with van der Waals surface area (Å²) in [6.45, 7) is -3.06. The molecule has 46 heavy (non-hydrogen) atoms. The molecule has 0 radical (unpaired) electrons. The van der Waals surface area contributed by atoms with E-state index in [0.717, 1.165) is 7.11 Å². The first-order valence-corrected chi connectivity index (χ1v) is 14.5. The molecular formula is C25H44O21. The molecule has 270 valence electrons. The van der Waals surface area contributed by atoms with E-state index >= 15 is 0 Å². The summed E-state index contributed by atoms with van der Waals surface area (Å²) in [5, 5.41) is 134. The lowest BCUT2D eigenvalue weighted by molar-refractivity contribution is -0.384. The quantitative estimate of drug-likeness (QED) is 0.0963. The Kier molecular flexibility index (Phi) is 13.4. The topological polar surface area (TPSA) is 337 Å². The van der Waals surface area contributed by atoms with Gasteiger partial charge in [0.1, 0.15) is 97.7 Å². The summed E-state index contributed by atoms with van der Waals surface area (Å²) in [5.74, 6) is 0. The third-order valence-electron chi connectivity index (χ3n) is 8.43. The summed E-state index contributed by atoms with van der Waals surface area (Å²) >= 11 is 0. The van der Waals surface area contributed by atoms with Gasteiger partial charge < -0.3 is 104 Å². The first-order valence-electron chi connectivity index (χ1n) is 14.5. The summed E-state index contributed by atoms with van der Waals surface area (Å²) in [4.78, 5) is 0. The van der Waals surface area contributed by atoms with Crippen LogP contribution in [-0.4, -0.2) is 223 Å². The van der Waals surface area contributed by atoms with E-state index in [1.807, 2.05) is 0 Å². The van der Waals surface area contributed by atoms with E-state index in [0.29, 0.717) is 0 Å². The van der Waals surface area contributed by atoms with Crippen LogP contribution in [0.2, 0.25) is 0 Å². The normalized spacial score (nSPS) is 52.0. The second-order valence-corrected chi connectivity index (χ2v) is 11.4. The molecular weight excluding hydrogens is 636 g/mol. The van der Waals surface area contributed by atoms with Gasteiger partial charge in [0.15, 0.2) is 25.2 Å². The maximum Gasteiger partial charge on any atom is 0.187 e. The Morgan fingerprint density at radius 1 is 0.435 bits per heavy atom. The van der Waals surface area contributed by atoms with Gasteiger partial charge in [-0.15, -0.1) is 0 Å². The maximum atomic E-state index is 11.2. The van der Waals surface area contributed by atoms with Crippen molar-refractivity contribution in [1.29, 1.82) is 0 Å². The molecule has 0 spiro atoms. The van der Waals surface area contributed by atoms with Gasteiger partial charge in [-0.05, 0) is 0 Å². The van der Waals surface area contributed by atoms with Crippen molar-refractivity contribution in [3.63, 3.8) is 0 Å². The van der Waals surface area contributed by atoms with Crippen LogP contribution in [0, 0.1) is 0 Å². The molecule has 13 N–H and O–H groups in total. The number of aliphatic hydroxyl groups excluding tert-OH is 13. The van der Waals surface area contributed by atoms with Gasteiger partial charge in [0.05, 0.1) is 26.4 Å². The second kappa shape index (κ2) is 16.2. The number of aliphatic hydroxyl groups is 13. The van der Waals surface area contributed by atoms with E-state index in [9.17, 15) is 66.4 Å². The highest BCUT2D eigenvalue weighted by Gasteiger charge is 2.54. The molecule has 8 unspecified atom stereocenters. The lowest BCUT2D eigenvalue weighted by atomic mass is 9.96. The molecule has 0 aromatic rings. The molecule has 0 aromatic carbocycles. The number of ether oxygens (including phenoxy) is 8. The van der Waals surface area contributed by atoms with Gasteiger partial charge in [0, 0.05) is 7.11 Å². The molecule has 4 saturated heterocycles. The standard InChI is InChI=1S/C25H44O21/c1-39-19-11(30)8(4-28)43-24(17(19)36)46-21-13(32)9(5-40-23-15(34)14(33)10(29)6(2-26)42-23)44-25(18(21)37)45-20-12(31)7(3-27)41-22(38)16(20)35/h6-38H,2-5H2,1H3/t6?,7?,8?,9?,10-,11-,12-,13-,14+,15?,16?,17?,18?,19+,20+,21+,22-,23-,24+,25+/m1/s1. The fourth-order valence-electron chi connectivity index (χ4n) is 5.69. The Morgan fingerprint density at radius 2 is 0.870 bits per heavy atom. The highest BCUT2D eigenvalue weighted by Crippen LogP contribution is 2.33. The summed E-state index contributed by atoms with van der Waals surface area (Å²) in [5.41, 5.74) is 0. The van der Waals surface area contributed by atoms with Crippen molar-refractivity contribution in [2.45, 2.75) is 123 Å². The van der Waals surface area contributed by atoms with Crippen LogP contribution in [0.25, 0.3) is 0 Å².